The molecule has 8 nitrogen and oxygen atoms in total. The van der Waals surface area contributed by atoms with Crippen LogP contribution in [0.2, 0.25) is 0 Å². The molecule has 1 aliphatic carbocycles. The number of benzene rings is 1. The lowest BCUT2D eigenvalue weighted by Crippen LogP contribution is -2.12. The summed E-state index contributed by atoms with van der Waals surface area (Å²) in [4.78, 5) is 4.40. The number of aromatic amines is 1. The van der Waals surface area contributed by atoms with Gasteiger partial charge in [0, 0.05) is 29.0 Å². The molecule has 0 aliphatic heterocycles. The first-order valence-electron chi connectivity index (χ1n) is 10.5. The van der Waals surface area contributed by atoms with Gasteiger partial charge < -0.3 is 9.73 Å². The molecule has 1 fully saturated rings. The fourth-order valence-corrected chi connectivity index (χ4v) is 4.82. The highest BCUT2D eigenvalue weighted by Crippen LogP contribution is 2.44. The highest BCUT2D eigenvalue weighted by Gasteiger charge is 2.33. The average molecular weight is 462 g/mol. The van der Waals surface area contributed by atoms with Gasteiger partial charge in [-0.2, -0.15) is 5.10 Å². The van der Waals surface area contributed by atoms with E-state index in [-0.39, 0.29) is 27.8 Å². The molecule has 0 amide bonds. The third-order valence-corrected chi connectivity index (χ3v) is 6.76. The van der Waals surface area contributed by atoms with Crippen molar-refractivity contribution < 1.29 is 17.2 Å². The summed E-state index contributed by atoms with van der Waals surface area (Å²) in [5, 5.41) is 15.2. The zero-order valence-electron chi connectivity index (χ0n) is 18.6. The lowest BCUT2D eigenvalue weighted by atomic mass is 9.92. The van der Waals surface area contributed by atoms with E-state index in [1.807, 2.05) is 13.0 Å². The smallest absolute Gasteiger partial charge is 0.238 e. The number of aryl methyl sites for hydroxylation is 1. The summed E-state index contributed by atoms with van der Waals surface area (Å²) in [6.07, 6.45) is 2.83. The molecular weight excluding hydrogens is 433 g/mol. The number of primary sulfonamides is 1. The number of anilines is 2. The van der Waals surface area contributed by atoms with Crippen LogP contribution in [0.1, 0.15) is 74.9 Å². The fourth-order valence-electron chi connectivity index (χ4n) is 4.30. The van der Waals surface area contributed by atoms with E-state index in [0.29, 0.717) is 5.82 Å². The second-order valence-electron chi connectivity index (χ2n) is 9.44. The van der Waals surface area contributed by atoms with Gasteiger partial charge in [-0.3, -0.25) is 5.10 Å². The Hall–Kier alpha value is -2.72. The Bertz CT molecular complexity index is 1240. The molecule has 2 aromatic heterocycles. The number of rotatable bonds is 5. The molecule has 2 atom stereocenters. The van der Waals surface area contributed by atoms with Crippen LogP contribution in [0.3, 0.4) is 0 Å². The van der Waals surface area contributed by atoms with Crippen molar-refractivity contribution in [1.29, 1.82) is 0 Å². The van der Waals surface area contributed by atoms with Crippen molar-refractivity contribution in [3.63, 3.8) is 0 Å². The van der Waals surface area contributed by atoms with Crippen LogP contribution in [-0.2, 0) is 15.4 Å². The van der Waals surface area contributed by atoms with Crippen LogP contribution in [-0.4, -0.2) is 23.6 Å². The maximum atomic E-state index is 14.3. The Kier molecular flexibility index (Phi) is 5.62. The predicted octanol–water partition coefficient (Wildman–Crippen LogP) is 4.59. The van der Waals surface area contributed by atoms with Crippen molar-refractivity contribution >= 4 is 21.5 Å². The largest absolute Gasteiger partial charge is 0.445 e. The van der Waals surface area contributed by atoms with Gasteiger partial charge in [-0.05, 0) is 44.4 Å². The van der Waals surface area contributed by atoms with Crippen LogP contribution in [0, 0.1) is 12.7 Å². The molecule has 4 N–H and O–H groups in total. The topological polar surface area (TPSA) is 127 Å². The van der Waals surface area contributed by atoms with Crippen LogP contribution in [0.25, 0.3) is 0 Å². The van der Waals surface area contributed by atoms with E-state index in [4.69, 9.17) is 9.56 Å². The number of halogens is 1. The number of nitrogens with zero attached hydrogens (tertiary/aromatic N) is 2. The summed E-state index contributed by atoms with van der Waals surface area (Å²) in [5.41, 5.74) is 1.93. The minimum Gasteiger partial charge on any atom is -0.445 e. The first kappa shape index (κ1) is 22.5. The minimum atomic E-state index is -3.96. The van der Waals surface area contributed by atoms with Crippen molar-refractivity contribution in [2.45, 2.75) is 69.1 Å². The van der Waals surface area contributed by atoms with Gasteiger partial charge in [-0.1, -0.05) is 20.8 Å². The van der Waals surface area contributed by atoms with Gasteiger partial charge in [0.25, 0.3) is 0 Å². The summed E-state index contributed by atoms with van der Waals surface area (Å²) in [6, 6.07) is 5.31. The number of oxazole rings is 1. The highest BCUT2D eigenvalue weighted by atomic mass is 32.2. The van der Waals surface area contributed by atoms with Crippen molar-refractivity contribution in [3.8, 4) is 0 Å². The van der Waals surface area contributed by atoms with Crippen LogP contribution in [0.5, 0.6) is 0 Å². The zero-order chi connectivity index (χ0) is 23.3. The Morgan fingerprint density at radius 2 is 1.94 bits per heavy atom. The quantitative estimate of drug-likeness (QED) is 0.510. The zero-order valence-corrected chi connectivity index (χ0v) is 19.4. The Balaban J connectivity index is 1.45. The van der Waals surface area contributed by atoms with Crippen LogP contribution >= 0.6 is 0 Å². The van der Waals surface area contributed by atoms with Crippen molar-refractivity contribution in [2.75, 3.05) is 5.32 Å². The molecule has 4 rings (SSSR count). The SMILES string of the molecule is Cc1nc(C2CCC(c3cc(Nc4ccc(S(N)(=O)=O)cc4F)n[nH]3)C2)oc1C(C)(C)C. The van der Waals surface area contributed by atoms with Gasteiger partial charge in [-0.15, -0.1) is 0 Å². The van der Waals surface area contributed by atoms with E-state index >= 15 is 0 Å². The summed E-state index contributed by atoms with van der Waals surface area (Å²) >= 11 is 0. The molecule has 10 heteroatoms. The van der Waals surface area contributed by atoms with Gasteiger partial charge in [0.15, 0.2) is 11.7 Å². The maximum absolute atomic E-state index is 14.3. The molecule has 32 heavy (non-hydrogen) atoms. The monoisotopic (exact) mass is 461 g/mol. The Labute approximate surface area is 186 Å². The molecule has 3 aromatic rings. The van der Waals surface area contributed by atoms with E-state index < -0.39 is 15.8 Å². The van der Waals surface area contributed by atoms with Crippen LogP contribution in [0.15, 0.2) is 33.6 Å². The molecule has 0 radical (unpaired) electrons. The van der Waals surface area contributed by atoms with Gasteiger partial charge in [0.2, 0.25) is 10.0 Å². The predicted molar refractivity (Wildman–Crippen MR) is 119 cm³/mol. The molecule has 172 valence electrons. The van der Waals surface area contributed by atoms with Gasteiger partial charge in [0.1, 0.15) is 11.6 Å². The van der Waals surface area contributed by atoms with Crippen molar-refractivity contribution in [2.24, 2.45) is 5.14 Å². The lowest BCUT2D eigenvalue weighted by molar-refractivity contribution is 0.361. The number of H-pyrrole nitrogens is 1. The van der Waals surface area contributed by atoms with E-state index in [9.17, 15) is 12.8 Å². The van der Waals surface area contributed by atoms with Crippen LogP contribution in [0.4, 0.5) is 15.9 Å². The first-order valence-corrected chi connectivity index (χ1v) is 12.1. The third-order valence-electron chi connectivity index (χ3n) is 5.85. The second-order valence-corrected chi connectivity index (χ2v) is 11.0. The molecule has 2 unspecified atom stereocenters. The van der Waals surface area contributed by atoms with E-state index in [0.717, 1.165) is 48.4 Å². The number of aromatic nitrogens is 3. The fraction of sp³-hybridized carbons (Fsp3) is 0.455. The van der Waals surface area contributed by atoms with Gasteiger partial charge >= 0.3 is 0 Å². The van der Waals surface area contributed by atoms with E-state index in [1.54, 1.807) is 0 Å². The number of nitrogens with two attached hydrogens (primary N) is 1. The Morgan fingerprint density at radius 3 is 2.56 bits per heavy atom. The summed E-state index contributed by atoms with van der Waals surface area (Å²) < 4.78 is 43.2. The molecule has 2 heterocycles. The van der Waals surface area contributed by atoms with E-state index in [2.05, 4.69) is 41.3 Å². The molecule has 0 saturated heterocycles. The number of hydrogen-bond acceptors (Lipinski definition) is 6. The maximum Gasteiger partial charge on any atom is 0.238 e. The van der Waals surface area contributed by atoms with Crippen molar-refractivity contribution in [1.82, 2.24) is 15.2 Å². The van der Waals surface area contributed by atoms with E-state index in [1.165, 1.54) is 12.1 Å². The number of nitrogens with one attached hydrogen (secondary N) is 2. The second kappa shape index (κ2) is 8.00. The normalized spacial score (nSPS) is 19.4. The highest BCUT2D eigenvalue weighted by molar-refractivity contribution is 7.89. The number of sulfonamides is 1. The standard InChI is InChI=1S/C22H28FN5O3S/c1-12-20(22(2,3)4)31-21(25-12)14-6-5-13(9-14)18-11-19(28-27-18)26-17-8-7-15(10-16(17)23)32(24,29)30/h7-8,10-11,13-14H,5-6,9H2,1-4H3,(H2,24,29,30)(H2,26,27,28). The average Bonchev–Trinajstić information content (AvgIpc) is 3.40. The molecule has 1 aromatic carbocycles. The van der Waals surface area contributed by atoms with Crippen molar-refractivity contribution in [3.05, 3.63) is 53.1 Å². The lowest BCUT2D eigenvalue weighted by Gasteiger charge is -2.15. The molecule has 1 saturated carbocycles. The number of hydrogen-bond donors (Lipinski definition) is 3. The van der Waals surface area contributed by atoms with Gasteiger partial charge in [0.05, 0.1) is 16.3 Å². The molecule has 0 bridgehead atoms. The summed E-state index contributed by atoms with van der Waals surface area (Å²) in [7, 11) is -3.96. The van der Waals surface area contributed by atoms with Crippen LogP contribution < -0.4 is 10.5 Å². The summed E-state index contributed by atoms with van der Waals surface area (Å²) in [5.74, 6) is 1.97. The molecule has 0 spiro atoms. The molecule has 1 aliphatic rings. The minimum absolute atomic E-state index is 0.0842. The third kappa shape index (κ3) is 4.56. The summed E-state index contributed by atoms with van der Waals surface area (Å²) in [6.45, 7) is 8.34. The van der Waals surface area contributed by atoms with Gasteiger partial charge in [-0.25, -0.2) is 22.9 Å². The first-order chi connectivity index (χ1) is 14.9. The Morgan fingerprint density at radius 1 is 1.22 bits per heavy atom. The molecular formula is C22H28FN5O3S.